The molecule has 2 heterocycles. The van der Waals surface area contributed by atoms with Crippen molar-refractivity contribution in [3.63, 3.8) is 0 Å². The topological polar surface area (TPSA) is 103 Å². The lowest BCUT2D eigenvalue weighted by Gasteiger charge is -2.43. The van der Waals surface area contributed by atoms with E-state index in [1.807, 2.05) is 79.1 Å². The lowest BCUT2D eigenvalue weighted by Crippen LogP contribution is -2.39. The first-order chi connectivity index (χ1) is 23.5. The zero-order valence-electron chi connectivity index (χ0n) is 26.4. The van der Waals surface area contributed by atoms with Crippen LogP contribution in [-0.2, 0) is 22.6 Å². The maximum atomic E-state index is 13.4. The number of hydrogen-bond acceptors (Lipinski definition) is 6. The monoisotopic (exact) mass is 637 g/mol. The number of hydrogen-bond donors (Lipinski definition) is 2. The highest BCUT2D eigenvalue weighted by Gasteiger charge is 2.42. The summed E-state index contributed by atoms with van der Waals surface area (Å²) in [5.74, 6) is -0.580. The van der Waals surface area contributed by atoms with Crippen molar-refractivity contribution < 1.29 is 24.2 Å². The zero-order valence-corrected chi connectivity index (χ0v) is 26.4. The third-order valence-electron chi connectivity index (χ3n) is 8.82. The third-order valence-corrected chi connectivity index (χ3v) is 8.82. The van der Waals surface area contributed by atoms with Crippen LogP contribution < -0.4 is 5.32 Å². The van der Waals surface area contributed by atoms with Crippen LogP contribution in [-0.4, -0.2) is 32.5 Å². The molecule has 2 N–H and O–H groups in total. The number of aliphatic hydroxyl groups excluding tert-OH is 1. The van der Waals surface area contributed by atoms with Gasteiger partial charge in [-0.15, -0.1) is 0 Å². The number of carbonyl (C=O) groups is 2. The number of anilines is 1. The SMILES string of the molecule is CC(=O)c1cccc(NC(=O)c2cccc(C3O[C@H](Cn4cnc5ccccc54)[C@@H](c4ccccc4)[C@H](c4ccc(CO)cc4)O3)c2)c1. The number of ether oxygens (including phenoxy) is 2. The number of aromatic nitrogens is 2. The van der Waals surface area contributed by atoms with Crippen LogP contribution in [0.2, 0.25) is 0 Å². The number of ketones is 1. The molecule has 1 aliphatic heterocycles. The number of benzene rings is 5. The van der Waals surface area contributed by atoms with E-state index in [9.17, 15) is 14.7 Å². The van der Waals surface area contributed by atoms with E-state index >= 15 is 0 Å². The Labute approximate surface area is 278 Å². The summed E-state index contributed by atoms with van der Waals surface area (Å²) < 4.78 is 15.8. The molecule has 240 valence electrons. The summed E-state index contributed by atoms with van der Waals surface area (Å²) in [5.41, 5.74) is 6.93. The van der Waals surface area contributed by atoms with Crippen LogP contribution in [0.3, 0.4) is 0 Å². The van der Waals surface area contributed by atoms with E-state index < -0.39 is 12.4 Å². The molecule has 0 spiro atoms. The molecular formula is C40H35N3O5. The number of nitrogens with one attached hydrogen (secondary N) is 1. The van der Waals surface area contributed by atoms with Crippen molar-refractivity contribution in [1.29, 1.82) is 0 Å². The van der Waals surface area contributed by atoms with Crippen molar-refractivity contribution in [2.45, 2.75) is 44.5 Å². The number of fused-ring (bicyclic) bond motifs is 1. The first kappa shape index (κ1) is 31.2. The van der Waals surface area contributed by atoms with E-state index in [1.54, 1.807) is 36.4 Å². The second-order valence-corrected chi connectivity index (χ2v) is 12.0. The van der Waals surface area contributed by atoms with E-state index in [-0.39, 0.29) is 30.3 Å². The van der Waals surface area contributed by atoms with Gasteiger partial charge in [0.2, 0.25) is 0 Å². The number of nitrogens with zero attached hydrogens (tertiary/aromatic N) is 2. The molecule has 48 heavy (non-hydrogen) atoms. The maximum Gasteiger partial charge on any atom is 0.255 e. The summed E-state index contributed by atoms with van der Waals surface area (Å²) in [5, 5.41) is 12.6. The van der Waals surface area contributed by atoms with E-state index in [2.05, 4.69) is 33.1 Å². The first-order valence-corrected chi connectivity index (χ1v) is 15.9. The molecule has 1 fully saturated rings. The van der Waals surface area contributed by atoms with Crippen molar-refractivity contribution in [3.8, 4) is 0 Å². The van der Waals surface area contributed by atoms with E-state index in [4.69, 9.17) is 9.47 Å². The second kappa shape index (κ2) is 13.8. The number of Topliss-reactive ketones (excluding diaryl/α,β-unsaturated/α-hetero) is 1. The number of amides is 1. The average molecular weight is 638 g/mol. The highest BCUT2D eigenvalue weighted by Crippen LogP contribution is 2.47. The van der Waals surface area contributed by atoms with Crippen LogP contribution in [0, 0.1) is 0 Å². The van der Waals surface area contributed by atoms with Gasteiger partial charge in [0.15, 0.2) is 12.1 Å². The van der Waals surface area contributed by atoms with Gasteiger partial charge < -0.3 is 24.5 Å². The van der Waals surface area contributed by atoms with E-state index in [0.717, 1.165) is 27.7 Å². The summed E-state index contributed by atoms with van der Waals surface area (Å²) in [6.45, 7) is 1.95. The maximum absolute atomic E-state index is 13.4. The molecule has 0 aliphatic carbocycles. The predicted octanol–water partition coefficient (Wildman–Crippen LogP) is 7.62. The third kappa shape index (κ3) is 6.55. The Kier molecular flexibility index (Phi) is 8.94. The lowest BCUT2D eigenvalue weighted by molar-refractivity contribution is -0.263. The van der Waals surface area contributed by atoms with Gasteiger partial charge in [-0.05, 0) is 60.0 Å². The minimum Gasteiger partial charge on any atom is -0.392 e. The van der Waals surface area contributed by atoms with Crippen LogP contribution in [0.15, 0.2) is 134 Å². The summed E-state index contributed by atoms with van der Waals surface area (Å²) in [4.78, 5) is 29.9. The van der Waals surface area contributed by atoms with E-state index in [1.165, 1.54) is 6.92 Å². The van der Waals surface area contributed by atoms with Gasteiger partial charge >= 0.3 is 0 Å². The summed E-state index contributed by atoms with van der Waals surface area (Å²) in [6, 6.07) is 40.2. The van der Waals surface area contributed by atoms with Crippen LogP contribution in [0.5, 0.6) is 0 Å². The smallest absolute Gasteiger partial charge is 0.255 e. The molecular weight excluding hydrogens is 602 g/mol. The van der Waals surface area contributed by atoms with Crippen LogP contribution in [0.25, 0.3) is 11.0 Å². The normalized spacial score (nSPS) is 19.2. The molecule has 1 amide bonds. The molecule has 6 aromatic rings. The molecule has 4 atom stereocenters. The van der Waals surface area contributed by atoms with Crippen LogP contribution in [0.1, 0.15) is 68.2 Å². The number of rotatable bonds is 9. The molecule has 0 saturated carbocycles. The molecule has 7 rings (SSSR count). The Bertz CT molecular complexity index is 2060. The molecule has 0 radical (unpaired) electrons. The highest BCUT2D eigenvalue weighted by atomic mass is 16.7. The van der Waals surface area contributed by atoms with Gasteiger partial charge in [-0.1, -0.05) is 91.0 Å². The van der Waals surface area contributed by atoms with Gasteiger partial charge in [-0.25, -0.2) is 4.98 Å². The largest absolute Gasteiger partial charge is 0.392 e. The summed E-state index contributed by atoms with van der Waals surface area (Å²) >= 11 is 0. The van der Waals surface area contributed by atoms with Crippen molar-refractivity contribution in [2.24, 2.45) is 0 Å². The van der Waals surface area contributed by atoms with E-state index in [0.29, 0.717) is 28.9 Å². The molecule has 8 heteroatoms. The lowest BCUT2D eigenvalue weighted by atomic mass is 9.83. The van der Waals surface area contributed by atoms with Gasteiger partial charge in [0.25, 0.3) is 5.91 Å². The molecule has 1 saturated heterocycles. The zero-order chi connectivity index (χ0) is 33.0. The van der Waals surface area contributed by atoms with Gasteiger partial charge in [-0.2, -0.15) is 0 Å². The van der Waals surface area contributed by atoms with Gasteiger partial charge in [0.05, 0.1) is 42.7 Å². The van der Waals surface area contributed by atoms with Gasteiger partial charge in [-0.3, -0.25) is 9.59 Å². The molecule has 1 aromatic heterocycles. The first-order valence-electron chi connectivity index (χ1n) is 15.9. The minimum atomic E-state index is -0.791. The summed E-state index contributed by atoms with van der Waals surface area (Å²) in [7, 11) is 0. The second-order valence-electron chi connectivity index (χ2n) is 12.0. The van der Waals surface area contributed by atoms with Crippen molar-refractivity contribution in [3.05, 3.63) is 167 Å². The van der Waals surface area contributed by atoms with Crippen molar-refractivity contribution in [1.82, 2.24) is 9.55 Å². The molecule has 5 aromatic carbocycles. The van der Waals surface area contributed by atoms with Gasteiger partial charge in [0.1, 0.15) is 0 Å². The van der Waals surface area contributed by atoms with Crippen molar-refractivity contribution >= 4 is 28.4 Å². The van der Waals surface area contributed by atoms with Crippen molar-refractivity contribution in [2.75, 3.05) is 5.32 Å². The number of carbonyl (C=O) groups excluding carboxylic acids is 2. The number of imidazole rings is 1. The van der Waals surface area contributed by atoms with Gasteiger partial charge in [0, 0.05) is 28.3 Å². The minimum absolute atomic E-state index is 0.0517. The Morgan fingerprint density at radius 2 is 1.50 bits per heavy atom. The summed E-state index contributed by atoms with van der Waals surface area (Å²) in [6.07, 6.45) is 0.294. The van der Waals surface area contributed by atoms with Crippen LogP contribution in [0.4, 0.5) is 5.69 Å². The quantitative estimate of drug-likeness (QED) is 0.158. The Balaban J connectivity index is 1.26. The Hall–Kier alpha value is -5.41. The average Bonchev–Trinajstić information content (AvgIpc) is 3.54. The standard InChI is InChI=1S/C40H35N3O5/c1-26(45)30-11-8-14-33(22-30)42-39(46)31-12-7-13-32(21-31)40-47-36(23-43-25-41-34-15-5-6-16-35(34)43)37(28-9-3-2-4-10-28)38(48-40)29-19-17-27(24-44)18-20-29/h2-22,25,36-38,40,44H,23-24H2,1H3,(H,42,46)/t36-,37-,38+,40?/m1/s1. The molecule has 1 unspecified atom stereocenters. The fourth-order valence-corrected chi connectivity index (χ4v) is 6.36. The number of aliphatic hydroxyl groups is 1. The highest BCUT2D eigenvalue weighted by molar-refractivity contribution is 6.05. The Morgan fingerprint density at radius 1 is 0.771 bits per heavy atom. The van der Waals surface area contributed by atoms with Crippen LogP contribution >= 0.6 is 0 Å². The Morgan fingerprint density at radius 3 is 2.29 bits per heavy atom. The number of para-hydroxylation sites is 2. The molecule has 0 bridgehead atoms. The fourth-order valence-electron chi connectivity index (χ4n) is 6.36. The molecule has 8 nitrogen and oxygen atoms in total. The predicted molar refractivity (Wildman–Crippen MR) is 184 cm³/mol. The fraction of sp³-hybridized carbons (Fsp3) is 0.175. The molecule has 1 aliphatic rings.